The summed E-state index contributed by atoms with van der Waals surface area (Å²) in [4.78, 5) is 29.4. The SMILES string of the molecule is Cc1nc(C(=O)NCc2ccc(C(F)(F)F)cc2Cl)cc(=O)[nH]1. The molecule has 9 heteroatoms. The molecule has 0 aliphatic heterocycles. The lowest BCUT2D eigenvalue weighted by Gasteiger charge is -2.10. The molecule has 1 heterocycles. The molecule has 2 rings (SSSR count). The van der Waals surface area contributed by atoms with Gasteiger partial charge in [-0.05, 0) is 24.6 Å². The number of carbonyl (C=O) groups is 1. The minimum absolute atomic E-state index is 0.0886. The normalized spacial score (nSPS) is 11.3. The van der Waals surface area contributed by atoms with Gasteiger partial charge >= 0.3 is 6.18 Å². The van der Waals surface area contributed by atoms with Crippen LogP contribution in [0.5, 0.6) is 0 Å². The molecule has 0 fully saturated rings. The van der Waals surface area contributed by atoms with E-state index in [0.717, 1.165) is 18.2 Å². The van der Waals surface area contributed by atoms with E-state index in [9.17, 15) is 22.8 Å². The summed E-state index contributed by atoms with van der Waals surface area (Å²) in [6.07, 6.45) is -4.49. The van der Waals surface area contributed by atoms with Crippen molar-refractivity contribution in [2.45, 2.75) is 19.6 Å². The molecule has 0 saturated carbocycles. The zero-order valence-electron chi connectivity index (χ0n) is 11.8. The molecule has 1 aromatic carbocycles. The summed E-state index contributed by atoms with van der Waals surface area (Å²) in [6, 6.07) is 3.88. The molecule has 0 saturated heterocycles. The number of aryl methyl sites for hydroxylation is 1. The lowest BCUT2D eigenvalue weighted by atomic mass is 10.1. The molecule has 2 N–H and O–H groups in total. The standard InChI is InChI=1S/C14H11ClF3N3O2/c1-7-20-11(5-12(22)21-7)13(23)19-6-8-2-3-9(4-10(8)15)14(16,17)18/h2-5H,6H2,1H3,(H,19,23)(H,20,21,22). The number of carbonyl (C=O) groups excluding carboxylic acids is 1. The molecule has 23 heavy (non-hydrogen) atoms. The summed E-state index contributed by atoms with van der Waals surface area (Å²) in [7, 11) is 0. The number of nitrogens with one attached hydrogen (secondary N) is 2. The molecule has 2 aromatic rings. The summed E-state index contributed by atoms with van der Waals surface area (Å²) in [6.45, 7) is 1.42. The van der Waals surface area contributed by atoms with Gasteiger partial charge in [-0.25, -0.2) is 4.98 Å². The number of amides is 1. The maximum absolute atomic E-state index is 12.5. The predicted octanol–water partition coefficient (Wildman–Crippen LogP) is 2.68. The average molecular weight is 346 g/mol. The maximum atomic E-state index is 12.5. The van der Waals surface area contributed by atoms with E-state index in [1.54, 1.807) is 0 Å². The number of hydrogen-bond acceptors (Lipinski definition) is 3. The first-order chi connectivity index (χ1) is 10.7. The van der Waals surface area contributed by atoms with Crippen LogP contribution in [0, 0.1) is 6.92 Å². The minimum Gasteiger partial charge on any atom is -0.347 e. The number of aromatic nitrogens is 2. The van der Waals surface area contributed by atoms with E-state index >= 15 is 0 Å². The largest absolute Gasteiger partial charge is 0.416 e. The Hall–Kier alpha value is -2.35. The van der Waals surface area contributed by atoms with Crippen molar-refractivity contribution in [3.8, 4) is 0 Å². The van der Waals surface area contributed by atoms with Gasteiger partial charge in [-0.15, -0.1) is 0 Å². The van der Waals surface area contributed by atoms with E-state index in [0.29, 0.717) is 5.56 Å². The Morgan fingerprint density at radius 3 is 2.61 bits per heavy atom. The van der Waals surface area contributed by atoms with Crippen LogP contribution in [-0.2, 0) is 12.7 Å². The topological polar surface area (TPSA) is 74.8 Å². The summed E-state index contributed by atoms with van der Waals surface area (Å²) >= 11 is 5.79. The van der Waals surface area contributed by atoms with Gasteiger partial charge in [0.25, 0.3) is 11.5 Å². The number of aromatic amines is 1. The first kappa shape index (κ1) is 17.0. The van der Waals surface area contributed by atoms with Crippen molar-refractivity contribution in [1.29, 1.82) is 0 Å². The predicted molar refractivity (Wildman–Crippen MR) is 77.2 cm³/mol. The highest BCUT2D eigenvalue weighted by Gasteiger charge is 2.30. The van der Waals surface area contributed by atoms with Crippen molar-refractivity contribution >= 4 is 17.5 Å². The molecule has 1 amide bonds. The second kappa shape index (κ2) is 6.41. The number of nitrogens with zero attached hydrogens (tertiary/aromatic N) is 1. The molecule has 0 atom stereocenters. The van der Waals surface area contributed by atoms with E-state index in [1.165, 1.54) is 13.0 Å². The van der Waals surface area contributed by atoms with Gasteiger partial charge in [0.15, 0.2) is 0 Å². The molecule has 0 aliphatic carbocycles. The highest BCUT2D eigenvalue weighted by molar-refractivity contribution is 6.31. The molecular weight excluding hydrogens is 335 g/mol. The van der Waals surface area contributed by atoms with Gasteiger partial charge in [0.2, 0.25) is 0 Å². The second-order valence-electron chi connectivity index (χ2n) is 4.70. The lowest BCUT2D eigenvalue weighted by molar-refractivity contribution is -0.137. The monoisotopic (exact) mass is 345 g/mol. The molecule has 5 nitrogen and oxygen atoms in total. The van der Waals surface area contributed by atoms with Crippen LogP contribution in [0.3, 0.4) is 0 Å². The van der Waals surface area contributed by atoms with Crippen molar-refractivity contribution in [1.82, 2.24) is 15.3 Å². The van der Waals surface area contributed by atoms with Gasteiger partial charge < -0.3 is 10.3 Å². The smallest absolute Gasteiger partial charge is 0.347 e. The van der Waals surface area contributed by atoms with Crippen LogP contribution in [0.4, 0.5) is 13.2 Å². The van der Waals surface area contributed by atoms with Gasteiger partial charge in [0.05, 0.1) is 5.56 Å². The fourth-order valence-electron chi connectivity index (χ4n) is 1.83. The van der Waals surface area contributed by atoms with Crippen molar-refractivity contribution in [3.05, 3.63) is 62.3 Å². The van der Waals surface area contributed by atoms with Gasteiger partial charge in [0, 0.05) is 17.6 Å². The molecule has 0 unspecified atom stereocenters. The Morgan fingerprint density at radius 1 is 1.35 bits per heavy atom. The second-order valence-corrected chi connectivity index (χ2v) is 5.11. The van der Waals surface area contributed by atoms with Crippen molar-refractivity contribution in [2.24, 2.45) is 0 Å². The third-order valence-corrected chi connectivity index (χ3v) is 3.26. The maximum Gasteiger partial charge on any atom is 0.416 e. The van der Waals surface area contributed by atoms with Crippen molar-refractivity contribution in [2.75, 3.05) is 0 Å². The highest BCUT2D eigenvalue weighted by atomic mass is 35.5. The lowest BCUT2D eigenvalue weighted by Crippen LogP contribution is -2.26. The van der Waals surface area contributed by atoms with Crippen molar-refractivity contribution in [3.63, 3.8) is 0 Å². The third-order valence-electron chi connectivity index (χ3n) is 2.91. The summed E-state index contributed by atoms with van der Waals surface area (Å²) in [5.74, 6) is -0.356. The fourth-order valence-corrected chi connectivity index (χ4v) is 2.08. The quantitative estimate of drug-likeness (QED) is 0.898. The van der Waals surface area contributed by atoms with E-state index in [4.69, 9.17) is 11.6 Å². The van der Waals surface area contributed by atoms with E-state index in [-0.39, 0.29) is 23.1 Å². The van der Waals surface area contributed by atoms with E-state index in [2.05, 4.69) is 15.3 Å². The van der Waals surface area contributed by atoms with Crippen LogP contribution < -0.4 is 10.9 Å². The van der Waals surface area contributed by atoms with Crippen LogP contribution in [0.25, 0.3) is 0 Å². The van der Waals surface area contributed by atoms with Gasteiger partial charge in [0.1, 0.15) is 11.5 Å². The summed E-state index contributed by atoms with van der Waals surface area (Å²) in [5, 5.41) is 2.33. The van der Waals surface area contributed by atoms with Crippen LogP contribution in [0.1, 0.15) is 27.4 Å². The van der Waals surface area contributed by atoms with Crippen molar-refractivity contribution < 1.29 is 18.0 Å². The first-order valence-electron chi connectivity index (χ1n) is 6.38. The van der Waals surface area contributed by atoms with Crippen LogP contribution in [0.15, 0.2) is 29.1 Å². The fraction of sp³-hybridized carbons (Fsp3) is 0.214. The molecule has 122 valence electrons. The Bertz CT molecular complexity index is 803. The highest BCUT2D eigenvalue weighted by Crippen LogP contribution is 2.32. The summed E-state index contributed by atoms with van der Waals surface area (Å²) < 4.78 is 37.6. The number of benzene rings is 1. The van der Waals surface area contributed by atoms with Crippen LogP contribution >= 0.6 is 11.6 Å². The molecule has 0 radical (unpaired) electrons. The Balaban J connectivity index is 2.11. The van der Waals surface area contributed by atoms with Gasteiger partial charge in [-0.1, -0.05) is 17.7 Å². The third kappa shape index (κ3) is 4.32. The minimum atomic E-state index is -4.49. The number of H-pyrrole nitrogens is 1. The van der Waals surface area contributed by atoms with Gasteiger partial charge in [-0.2, -0.15) is 13.2 Å². The van der Waals surface area contributed by atoms with E-state index < -0.39 is 23.2 Å². The number of hydrogen-bond donors (Lipinski definition) is 2. The molecule has 0 bridgehead atoms. The Kier molecular flexibility index (Phi) is 4.74. The first-order valence-corrected chi connectivity index (χ1v) is 6.76. The van der Waals surface area contributed by atoms with Crippen LogP contribution in [0.2, 0.25) is 5.02 Å². The number of halogens is 4. The Morgan fingerprint density at radius 2 is 2.04 bits per heavy atom. The summed E-state index contributed by atoms with van der Waals surface area (Å²) in [5.41, 5.74) is -1.12. The number of alkyl halides is 3. The van der Waals surface area contributed by atoms with E-state index in [1.807, 2.05) is 0 Å². The average Bonchev–Trinajstić information content (AvgIpc) is 2.43. The zero-order chi connectivity index (χ0) is 17.2. The number of rotatable bonds is 3. The molecule has 0 spiro atoms. The Labute approximate surface area is 133 Å². The molecule has 0 aliphatic rings. The molecular formula is C14H11ClF3N3O2. The van der Waals surface area contributed by atoms with Crippen LogP contribution in [-0.4, -0.2) is 15.9 Å². The zero-order valence-corrected chi connectivity index (χ0v) is 12.5. The molecule has 1 aromatic heterocycles. The van der Waals surface area contributed by atoms with Gasteiger partial charge in [-0.3, -0.25) is 9.59 Å².